The smallest absolute Gasteiger partial charge is 0.335 e. The second-order valence-electron chi connectivity index (χ2n) is 4.80. The molecule has 112 valence electrons. The summed E-state index contributed by atoms with van der Waals surface area (Å²) in [4.78, 5) is 11.0. The highest BCUT2D eigenvalue weighted by Crippen LogP contribution is 2.35. The number of hydrogen-bond donors (Lipinski definition) is 1. The first-order valence-electron chi connectivity index (χ1n) is 6.84. The van der Waals surface area contributed by atoms with E-state index in [0.717, 1.165) is 12.8 Å². The summed E-state index contributed by atoms with van der Waals surface area (Å²) in [6.45, 7) is 5.01. The van der Waals surface area contributed by atoms with Gasteiger partial charge in [0.15, 0.2) is 0 Å². The predicted molar refractivity (Wildman–Crippen MR) is 87.6 cm³/mol. The largest absolute Gasteiger partial charge is 0.491 e. The van der Waals surface area contributed by atoms with Crippen molar-refractivity contribution >= 4 is 37.8 Å². The molecule has 0 amide bonds. The zero-order valence-corrected chi connectivity index (χ0v) is 15.0. The van der Waals surface area contributed by atoms with Crippen molar-refractivity contribution in [2.45, 2.75) is 39.5 Å². The second kappa shape index (κ2) is 8.67. The molecule has 1 N–H and O–H groups in total. The molecule has 0 bridgehead atoms. The van der Waals surface area contributed by atoms with Crippen LogP contribution >= 0.6 is 31.9 Å². The topological polar surface area (TPSA) is 46.5 Å². The SMILES string of the molecule is CCCCC(CC)COc1c(Br)cc(C(=O)O)cc1Br. The van der Waals surface area contributed by atoms with Crippen LogP contribution in [0.3, 0.4) is 0 Å². The number of unbranched alkanes of at least 4 members (excludes halogenated alkanes) is 1. The van der Waals surface area contributed by atoms with E-state index in [4.69, 9.17) is 9.84 Å². The second-order valence-corrected chi connectivity index (χ2v) is 6.51. The van der Waals surface area contributed by atoms with Gasteiger partial charge in [0, 0.05) is 0 Å². The number of carbonyl (C=O) groups is 1. The minimum Gasteiger partial charge on any atom is -0.491 e. The van der Waals surface area contributed by atoms with E-state index in [1.165, 1.54) is 12.8 Å². The lowest BCUT2D eigenvalue weighted by molar-refractivity contribution is 0.0696. The molecule has 5 heteroatoms. The van der Waals surface area contributed by atoms with Crippen LogP contribution in [0.2, 0.25) is 0 Å². The Hall–Kier alpha value is -0.550. The fourth-order valence-corrected chi connectivity index (χ4v) is 3.34. The first kappa shape index (κ1) is 17.5. The van der Waals surface area contributed by atoms with E-state index >= 15 is 0 Å². The minimum absolute atomic E-state index is 0.231. The van der Waals surface area contributed by atoms with Gasteiger partial charge < -0.3 is 9.84 Å². The Labute approximate surface area is 137 Å². The van der Waals surface area contributed by atoms with Crippen molar-refractivity contribution in [1.29, 1.82) is 0 Å². The summed E-state index contributed by atoms with van der Waals surface area (Å²) in [6, 6.07) is 3.13. The monoisotopic (exact) mass is 406 g/mol. The molecule has 3 nitrogen and oxygen atoms in total. The molecule has 1 aromatic rings. The van der Waals surface area contributed by atoms with E-state index in [1.54, 1.807) is 12.1 Å². The maximum atomic E-state index is 11.0. The van der Waals surface area contributed by atoms with E-state index in [1.807, 2.05) is 0 Å². The molecular weight excluding hydrogens is 388 g/mol. The van der Waals surface area contributed by atoms with Crippen LogP contribution in [0.1, 0.15) is 49.9 Å². The van der Waals surface area contributed by atoms with Gasteiger partial charge in [0.1, 0.15) is 5.75 Å². The van der Waals surface area contributed by atoms with Crippen molar-refractivity contribution in [3.63, 3.8) is 0 Å². The van der Waals surface area contributed by atoms with Crippen molar-refractivity contribution in [3.8, 4) is 5.75 Å². The van der Waals surface area contributed by atoms with E-state index in [-0.39, 0.29) is 5.56 Å². The molecule has 0 spiro atoms. The summed E-state index contributed by atoms with van der Waals surface area (Å²) in [7, 11) is 0. The zero-order valence-electron chi connectivity index (χ0n) is 11.8. The Morgan fingerprint density at radius 3 is 2.35 bits per heavy atom. The summed E-state index contributed by atoms with van der Waals surface area (Å²) < 4.78 is 7.19. The Morgan fingerprint density at radius 1 is 1.30 bits per heavy atom. The van der Waals surface area contributed by atoms with Gasteiger partial charge in [0.05, 0.1) is 21.1 Å². The van der Waals surface area contributed by atoms with Gasteiger partial charge in [-0.1, -0.05) is 33.1 Å². The Morgan fingerprint density at radius 2 is 1.90 bits per heavy atom. The maximum absolute atomic E-state index is 11.0. The van der Waals surface area contributed by atoms with E-state index in [9.17, 15) is 4.79 Å². The average molecular weight is 408 g/mol. The summed E-state index contributed by atoms with van der Waals surface area (Å²) in [5.74, 6) is 0.255. The third-order valence-corrected chi connectivity index (χ3v) is 4.43. The Balaban J connectivity index is 2.75. The lowest BCUT2D eigenvalue weighted by atomic mass is 10.0. The number of hydrogen-bond acceptors (Lipinski definition) is 2. The summed E-state index contributed by atoms with van der Waals surface area (Å²) in [5.41, 5.74) is 0.231. The molecule has 0 heterocycles. The van der Waals surface area contributed by atoms with Crippen molar-refractivity contribution in [3.05, 3.63) is 26.6 Å². The first-order chi connectivity index (χ1) is 9.49. The van der Waals surface area contributed by atoms with E-state index < -0.39 is 5.97 Å². The highest BCUT2D eigenvalue weighted by Gasteiger charge is 2.14. The summed E-state index contributed by atoms with van der Waals surface area (Å²) in [6.07, 6.45) is 4.65. The van der Waals surface area contributed by atoms with Crippen LogP contribution in [0, 0.1) is 5.92 Å². The molecule has 1 atom stereocenters. The number of rotatable bonds is 8. The lowest BCUT2D eigenvalue weighted by Crippen LogP contribution is -2.12. The molecular formula is C15H20Br2O3. The number of aromatic carboxylic acids is 1. The molecule has 0 aromatic heterocycles. The fourth-order valence-electron chi connectivity index (χ4n) is 1.92. The molecule has 1 rings (SSSR count). The zero-order chi connectivity index (χ0) is 15.1. The highest BCUT2D eigenvalue weighted by atomic mass is 79.9. The van der Waals surface area contributed by atoms with Crippen LogP contribution in [-0.4, -0.2) is 17.7 Å². The van der Waals surface area contributed by atoms with Gasteiger partial charge in [-0.25, -0.2) is 4.79 Å². The van der Waals surface area contributed by atoms with Crippen molar-refractivity contribution in [1.82, 2.24) is 0 Å². The van der Waals surface area contributed by atoms with Gasteiger partial charge in [0.2, 0.25) is 0 Å². The van der Waals surface area contributed by atoms with Crippen molar-refractivity contribution in [2.75, 3.05) is 6.61 Å². The number of carboxylic acids is 1. The van der Waals surface area contributed by atoms with Crippen molar-refractivity contribution < 1.29 is 14.6 Å². The molecule has 0 radical (unpaired) electrons. The quantitative estimate of drug-likeness (QED) is 0.618. The van der Waals surface area contributed by atoms with Gasteiger partial charge in [-0.3, -0.25) is 0 Å². The van der Waals surface area contributed by atoms with Gasteiger partial charge in [-0.2, -0.15) is 0 Å². The number of benzene rings is 1. The van der Waals surface area contributed by atoms with Gasteiger partial charge in [-0.15, -0.1) is 0 Å². The fraction of sp³-hybridized carbons (Fsp3) is 0.533. The summed E-state index contributed by atoms with van der Waals surface area (Å²) >= 11 is 6.75. The van der Waals surface area contributed by atoms with Crippen LogP contribution in [0.15, 0.2) is 21.1 Å². The number of carboxylic acid groups (broad SMARTS) is 1. The molecule has 0 saturated carbocycles. The lowest BCUT2D eigenvalue weighted by Gasteiger charge is -2.17. The predicted octanol–water partition coefficient (Wildman–Crippen LogP) is 5.51. The van der Waals surface area contributed by atoms with Crippen LogP contribution in [0.4, 0.5) is 0 Å². The molecule has 0 aliphatic rings. The molecule has 0 saturated heterocycles. The Bertz CT molecular complexity index is 437. The third kappa shape index (κ3) is 5.09. The molecule has 1 aromatic carbocycles. The van der Waals surface area contributed by atoms with Crippen LogP contribution in [-0.2, 0) is 0 Å². The van der Waals surface area contributed by atoms with Gasteiger partial charge >= 0.3 is 5.97 Å². The van der Waals surface area contributed by atoms with Crippen LogP contribution in [0.5, 0.6) is 5.75 Å². The molecule has 0 aliphatic heterocycles. The van der Waals surface area contributed by atoms with E-state index in [0.29, 0.717) is 27.2 Å². The molecule has 0 fully saturated rings. The molecule has 0 aliphatic carbocycles. The number of ether oxygens (including phenoxy) is 1. The van der Waals surface area contributed by atoms with Crippen molar-refractivity contribution in [2.24, 2.45) is 5.92 Å². The van der Waals surface area contributed by atoms with Gasteiger partial charge in [-0.05, 0) is 56.3 Å². The Kier molecular flexibility index (Phi) is 7.59. The van der Waals surface area contributed by atoms with Gasteiger partial charge in [0.25, 0.3) is 0 Å². The average Bonchev–Trinajstić information content (AvgIpc) is 2.40. The molecule has 1 unspecified atom stereocenters. The highest BCUT2D eigenvalue weighted by molar-refractivity contribution is 9.11. The van der Waals surface area contributed by atoms with Crippen LogP contribution < -0.4 is 4.74 Å². The standard InChI is InChI=1S/C15H20Br2O3/c1-3-5-6-10(4-2)9-20-14-12(16)7-11(15(18)19)8-13(14)17/h7-8,10H,3-6,9H2,1-2H3,(H,18,19). The third-order valence-electron chi connectivity index (χ3n) is 3.25. The maximum Gasteiger partial charge on any atom is 0.335 e. The normalized spacial score (nSPS) is 12.2. The summed E-state index contributed by atoms with van der Waals surface area (Å²) in [5, 5.41) is 9.00. The van der Waals surface area contributed by atoms with E-state index in [2.05, 4.69) is 45.7 Å². The first-order valence-corrected chi connectivity index (χ1v) is 8.43. The number of halogens is 2. The van der Waals surface area contributed by atoms with Crippen LogP contribution in [0.25, 0.3) is 0 Å². The molecule has 20 heavy (non-hydrogen) atoms. The minimum atomic E-state index is -0.952.